The van der Waals surface area contributed by atoms with E-state index in [2.05, 4.69) is 48.0 Å². The fourth-order valence-electron chi connectivity index (χ4n) is 5.20. The minimum atomic E-state index is 0.312. The normalized spacial score (nSPS) is 17.6. The van der Waals surface area contributed by atoms with Gasteiger partial charge in [-0.1, -0.05) is 30.3 Å². The second kappa shape index (κ2) is 8.87. The maximum absolute atomic E-state index is 6.36. The van der Waals surface area contributed by atoms with Crippen molar-refractivity contribution >= 4 is 27.8 Å². The molecule has 0 bridgehead atoms. The Hall–Kier alpha value is -4.04. The summed E-state index contributed by atoms with van der Waals surface area (Å²) in [6, 6.07) is 18.2. The van der Waals surface area contributed by atoms with Crippen molar-refractivity contribution in [2.45, 2.75) is 25.8 Å². The second-order valence-electron chi connectivity index (χ2n) is 9.93. The Labute approximate surface area is 209 Å². The number of rotatable bonds is 6. The minimum absolute atomic E-state index is 0.312. The van der Waals surface area contributed by atoms with Crippen molar-refractivity contribution in [1.29, 1.82) is 0 Å². The third-order valence-corrected chi connectivity index (χ3v) is 6.93. The topological polar surface area (TPSA) is 95.0 Å². The van der Waals surface area contributed by atoms with Crippen molar-refractivity contribution in [2.75, 3.05) is 26.4 Å². The molecule has 3 aromatic heterocycles. The number of aromatic nitrogens is 5. The third kappa shape index (κ3) is 4.03. The SMILES string of the molecule is Cc1cc(Oc2ccccc2)nc2cc(-c3nn(C4CC(CN(C)C)C4)c4ncnc(N)c34)ccc12. The van der Waals surface area contributed by atoms with Crippen LogP contribution in [0.15, 0.2) is 60.9 Å². The number of aryl methyl sites for hydroxylation is 1. The number of nitrogens with two attached hydrogens (primary N) is 1. The summed E-state index contributed by atoms with van der Waals surface area (Å²) in [7, 11) is 4.24. The van der Waals surface area contributed by atoms with E-state index in [1.54, 1.807) is 0 Å². The summed E-state index contributed by atoms with van der Waals surface area (Å²) >= 11 is 0. The van der Waals surface area contributed by atoms with Gasteiger partial charge in [0.25, 0.3) is 0 Å². The first-order valence-electron chi connectivity index (χ1n) is 12.2. The molecule has 3 heterocycles. The number of pyridine rings is 1. The van der Waals surface area contributed by atoms with Gasteiger partial charge in [-0.05, 0) is 63.5 Å². The van der Waals surface area contributed by atoms with Crippen LogP contribution in [-0.2, 0) is 0 Å². The number of benzene rings is 2. The third-order valence-electron chi connectivity index (χ3n) is 6.93. The van der Waals surface area contributed by atoms with E-state index in [9.17, 15) is 0 Å². The Kier molecular flexibility index (Phi) is 5.53. The second-order valence-corrected chi connectivity index (χ2v) is 9.93. The zero-order valence-electron chi connectivity index (χ0n) is 20.7. The van der Waals surface area contributed by atoms with Gasteiger partial charge in [-0.2, -0.15) is 5.10 Å². The number of nitrogens with zero attached hydrogens (tertiary/aromatic N) is 6. The molecule has 0 unspecified atom stereocenters. The van der Waals surface area contributed by atoms with Crippen molar-refractivity contribution < 1.29 is 4.74 Å². The molecule has 1 fully saturated rings. The van der Waals surface area contributed by atoms with Crippen molar-refractivity contribution in [3.8, 4) is 22.9 Å². The number of hydrogen-bond acceptors (Lipinski definition) is 7. The van der Waals surface area contributed by atoms with Crippen LogP contribution in [0.1, 0.15) is 24.4 Å². The van der Waals surface area contributed by atoms with Crippen LogP contribution in [-0.4, -0.2) is 50.3 Å². The summed E-state index contributed by atoms with van der Waals surface area (Å²) < 4.78 is 8.07. The first kappa shape index (κ1) is 22.4. The van der Waals surface area contributed by atoms with Crippen LogP contribution in [0, 0.1) is 12.8 Å². The number of nitrogen functional groups attached to an aromatic ring is 1. The van der Waals surface area contributed by atoms with E-state index in [1.165, 1.54) is 6.33 Å². The van der Waals surface area contributed by atoms with Gasteiger partial charge in [-0.15, -0.1) is 0 Å². The van der Waals surface area contributed by atoms with E-state index in [0.29, 0.717) is 23.7 Å². The van der Waals surface area contributed by atoms with Gasteiger partial charge in [0.2, 0.25) is 5.88 Å². The first-order valence-corrected chi connectivity index (χ1v) is 12.2. The lowest BCUT2D eigenvalue weighted by Gasteiger charge is -2.37. The lowest BCUT2D eigenvalue weighted by molar-refractivity contribution is 0.149. The van der Waals surface area contributed by atoms with Crippen LogP contribution in [0.25, 0.3) is 33.2 Å². The van der Waals surface area contributed by atoms with Gasteiger partial charge in [-0.3, -0.25) is 0 Å². The van der Waals surface area contributed by atoms with Crippen LogP contribution in [0.5, 0.6) is 11.6 Å². The van der Waals surface area contributed by atoms with E-state index in [-0.39, 0.29) is 0 Å². The Morgan fingerprint density at radius 1 is 1.06 bits per heavy atom. The number of para-hydroxylation sites is 1. The predicted octanol–water partition coefficient (Wildman–Crippen LogP) is 5.24. The van der Waals surface area contributed by atoms with Gasteiger partial charge in [0.1, 0.15) is 23.6 Å². The van der Waals surface area contributed by atoms with E-state index in [0.717, 1.165) is 63.9 Å². The zero-order valence-corrected chi connectivity index (χ0v) is 20.7. The highest BCUT2D eigenvalue weighted by atomic mass is 16.5. The summed E-state index contributed by atoms with van der Waals surface area (Å²) in [6.45, 7) is 3.15. The molecule has 0 amide bonds. The van der Waals surface area contributed by atoms with E-state index in [4.69, 9.17) is 20.6 Å². The lowest BCUT2D eigenvalue weighted by Crippen LogP contribution is -2.34. The zero-order chi connectivity index (χ0) is 24.8. The molecule has 0 spiro atoms. The molecule has 8 heteroatoms. The summed E-state index contributed by atoms with van der Waals surface area (Å²) in [4.78, 5) is 15.9. The highest BCUT2D eigenvalue weighted by molar-refractivity contribution is 6.00. The van der Waals surface area contributed by atoms with Gasteiger partial charge in [0.05, 0.1) is 16.9 Å². The van der Waals surface area contributed by atoms with Crippen molar-refractivity contribution in [1.82, 2.24) is 29.6 Å². The molecule has 36 heavy (non-hydrogen) atoms. The Morgan fingerprint density at radius 2 is 1.86 bits per heavy atom. The van der Waals surface area contributed by atoms with E-state index < -0.39 is 0 Å². The number of ether oxygens (including phenoxy) is 1. The van der Waals surface area contributed by atoms with Gasteiger partial charge < -0.3 is 15.4 Å². The van der Waals surface area contributed by atoms with Gasteiger partial charge >= 0.3 is 0 Å². The van der Waals surface area contributed by atoms with Crippen LogP contribution in [0.4, 0.5) is 5.82 Å². The maximum Gasteiger partial charge on any atom is 0.220 e. The minimum Gasteiger partial charge on any atom is -0.439 e. The van der Waals surface area contributed by atoms with E-state index in [1.807, 2.05) is 47.1 Å². The molecule has 2 aromatic carbocycles. The Morgan fingerprint density at radius 3 is 2.64 bits per heavy atom. The quantitative estimate of drug-likeness (QED) is 0.356. The molecule has 2 N–H and O–H groups in total. The van der Waals surface area contributed by atoms with Crippen molar-refractivity contribution in [3.63, 3.8) is 0 Å². The summed E-state index contributed by atoms with van der Waals surface area (Å²) in [5.74, 6) is 2.42. The molecular weight excluding hydrogens is 450 g/mol. The average Bonchev–Trinajstić information content (AvgIpc) is 3.22. The number of anilines is 1. The smallest absolute Gasteiger partial charge is 0.220 e. The lowest BCUT2D eigenvalue weighted by atomic mass is 9.80. The number of hydrogen-bond donors (Lipinski definition) is 1. The Balaban J connectivity index is 1.40. The Bertz CT molecular complexity index is 1560. The van der Waals surface area contributed by atoms with Crippen LogP contribution < -0.4 is 10.5 Å². The molecule has 0 atom stereocenters. The molecule has 182 valence electrons. The van der Waals surface area contributed by atoms with Crippen LogP contribution in [0.2, 0.25) is 0 Å². The van der Waals surface area contributed by atoms with Gasteiger partial charge in [0, 0.05) is 23.6 Å². The van der Waals surface area contributed by atoms with Gasteiger partial charge in [0.15, 0.2) is 5.65 Å². The average molecular weight is 480 g/mol. The number of fused-ring (bicyclic) bond motifs is 2. The maximum atomic E-state index is 6.36. The summed E-state index contributed by atoms with van der Waals surface area (Å²) in [6.07, 6.45) is 3.68. The van der Waals surface area contributed by atoms with E-state index >= 15 is 0 Å². The largest absolute Gasteiger partial charge is 0.439 e. The standard InChI is InChI=1S/C28H29N7O/c1-17-11-24(36-21-7-5-4-6-8-21)32-23-14-19(9-10-22(17)23)26-25-27(29)30-16-31-28(25)35(33-26)20-12-18(13-20)15-34(2)3/h4-11,14,16,18,20H,12-13,15H2,1-3H3,(H2,29,30,31). The molecular formula is C28H29N7O. The molecule has 5 aromatic rings. The fourth-order valence-corrected chi connectivity index (χ4v) is 5.20. The first-order chi connectivity index (χ1) is 17.5. The molecule has 0 aliphatic heterocycles. The van der Waals surface area contributed by atoms with Crippen molar-refractivity contribution in [2.24, 2.45) is 5.92 Å². The monoisotopic (exact) mass is 479 g/mol. The molecule has 6 rings (SSSR count). The molecule has 0 radical (unpaired) electrons. The fraction of sp³-hybridized carbons (Fsp3) is 0.286. The summed E-state index contributed by atoms with van der Waals surface area (Å²) in [5.41, 5.74) is 10.8. The molecule has 0 saturated heterocycles. The van der Waals surface area contributed by atoms with Crippen LogP contribution >= 0.6 is 0 Å². The highest BCUT2D eigenvalue weighted by Gasteiger charge is 2.33. The molecule has 1 aliphatic rings. The predicted molar refractivity (Wildman–Crippen MR) is 142 cm³/mol. The van der Waals surface area contributed by atoms with Crippen molar-refractivity contribution in [3.05, 3.63) is 66.5 Å². The molecule has 1 saturated carbocycles. The highest BCUT2D eigenvalue weighted by Crippen LogP contribution is 2.41. The van der Waals surface area contributed by atoms with Crippen LogP contribution in [0.3, 0.4) is 0 Å². The summed E-state index contributed by atoms with van der Waals surface area (Å²) in [5, 5.41) is 6.90. The van der Waals surface area contributed by atoms with Gasteiger partial charge in [-0.25, -0.2) is 19.6 Å². The molecule has 8 nitrogen and oxygen atoms in total. The molecule has 1 aliphatic carbocycles.